The van der Waals surface area contributed by atoms with Crippen molar-refractivity contribution < 1.29 is 10.2 Å². The lowest BCUT2D eigenvalue weighted by molar-refractivity contribution is -0.145. The van der Waals surface area contributed by atoms with Crippen LogP contribution in [0.3, 0.4) is 0 Å². The highest BCUT2D eigenvalue weighted by atomic mass is 16.3. The van der Waals surface area contributed by atoms with E-state index in [2.05, 4.69) is 20.8 Å². The second-order valence-electron chi connectivity index (χ2n) is 9.78. The number of hydrogen-bond donors (Lipinski definition) is 2. The Morgan fingerprint density at radius 3 is 2.36 bits per heavy atom. The minimum Gasteiger partial charge on any atom is -0.393 e. The van der Waals surface area contributed by atoms with E-state index >= 15 is 0 Å². The third-order valence-corrected chi connectivity index (χ3v) is 8.96. The Morgan fingerprint density at radius 1 is 0.864 bits per heavy atom. The van der Waals surface area contributed by atoms with Crippen LogP contribution in [-0.2, 0) is 0 Å². The zero-order valence-corrected chi connectivity index (χ0v) is 14.6. The van der Waals surface area contributed by atoms with Gasteiger partial charge in [-0.3, -0.25) is 0 Å². The molecule has 2 heteroatoms. The summed E-state index contributed by atoms with van der Waals surface area (Å²) in [4.78, 5) is 0. The maximum atomic E-state index is 10.5. The number of aliphatic hydroxyl groups is 2. The van der Waals surface area contributed by atoms with Crippen LogP contribution in [0.4, 0.5) is 0 Å². The minimum absolute atomic E-state index is 0.0592. The molecule has 4 rings (SSSR count). The maximum Gasteiger partial charge on any atom is 0.0596 e. The topological polar surface area (TPSA) is 40.5 Å². The van der Waals surface area contributed by atoms with Gasteiger partial charge in [0, 0.05) is 0 Å². The van der Waals surface area contributed by atoms with E-state index in [9.17, 15) is 10.2 Å². The lowest BCUT2D eigenvalue weighted by Crippen LogP contribution is -2.55. The van der Waals surface area contributed by atoms with Crippen molar-refractivity contribution in [2.45, 2.75) is 84.3 Å². The summed E-state index contributed by atoms with van der Waals surface area (Å²) in [5, 5.41) is 20.8. The molecule has 0 amide bonds. The summed E-state index contributed by atoms with van der Waals surface area (Å²) in [5.74, 6) is 3.61. The molecule has 0 aromatic carbocycles. The van der Waals surface area contributed by atoms with E-state index in [-0.39, 0.29) is 17.6 Å². The van der Waals surface area contributed by atoms with Gasteiger partial charge in [0.1, 0.15) is 0 Å². The summed E-state index contributed by atoms with van der Waals surface area (Å²) in [6.07, 6.45) is 9.58. The Morgan fingerprint density at radius 2 is 1.59 bits per heavy atom. The van der Waals surface area contributed by atoms with Gasteiger partial charge in [-0.15, -0.1) is 0 Å². The molecule has 0 spiro atoms. The van der Waals surface area contributed by atoms with Crippen molar-refractivity contribution in [2.24, 2.45) is 40.4 Å². The van der Waals surface area contributed by atoms with Crippen LogP contribution in [0, 0.1) is 40.4 Å². The highest BCUT2D eigenvalue weighted by Gasteiger charge is 2.60. The first-order valence-electron chi connectivity index (χ1n) is 9.72. The lowest BCUT2D eigenvalue weighted by Gasteiger charge is -2.61. The Hall–Kier alpha value is -0.0800. The third kappa shape index (κ3) is 1.92. The Bertz CT molecular complexity index is 449. The fraction of sp³-hybridized carbons (Fsp3) is 1.00. The van der Waals surface area contributed by atoms with Gasteiger partial charge in [-0.1, -0.05) is 20.8 Å². The fourth-order valence-electron chi connectivity index (χ4n) is 7.57. The molecule has 0 saturated heterocycles. The molecule has 0 unspecified atom stereocenters. The molecule has 4 aliphatic carbocycles. The van der Waals surface area contributed by atoms with Crippen molar-refractivity contribution >= 4 is 0 Å². The van der Waals surface area contributed by atoms with Gasteiger partial charge in [0.2, 0.25) is 0 Å². The molecule has 0 radical (unpaired) electrons. The van der Waals surface area contributed by atoms with Crippen molar-refractivity contribution in [3.05, 3.63) is 0 Å². The monoisotopic (exact) mass is 306 g/mol. The van der Waals surface area contributed by atoms with Crippen molar-refractivity contribution in [1.29, 1.82) is 0 Å². The first-order valence-corrected chi connectivity index (χ1v) is 9.72. The van der Waals surface area contributed by atoms with Gasteiger partial charge in [-0.05, 0) is 91.8 Å². The largest absolute Gasteiger partial charge is 0.393 e. The molecule has 0 aromatic heterocycles. The van der Waals surface area contributed by atoms with Crippen LogP contribution in [0.2, 0.25) is 0 Å². The molecule has 0 aliphatic heterocycles. The maximum absolute atomic E-state index is 10.5. The second-order valence-corrected chi connectivity index (χ2v) is 9.78. The Kier molecular flexibility index (Phi) is 3.48. The molecule has 0 aromatic rings. The van der Waals surface area contributed by atoms with E-state index < -0.39 is 0 Å². The zero-order valence-electron chi connectivity index (χ0n) is 14.6. The molecular formula is C20H34O2. The van der Waals surface area contributed by atoms with Crippen LogP contribution in [0.5, 0.6) is 0 Å². The fourth-order valence-corrected chi connectivity index (χ4v) is 7.57. The Balaban J connectivity index is 1.63. The SMILES string of the molecule is C[C@H]1C[C@@]2(C)[C@H](CC[C@@H]3[C@@H]2CC[C@]2(C)[C@@H](O)CC[C@@H]32)C[C@@H]1O. The zero-order chi connectivity index (χ0) is 15.7. The van der Waals surface area contributed by atoms with Crippen molar-refractivity contribution in [1.82, 2.24) is 0 Å². The van der Waals surface area contributed by atoms with Crippen molar-refractivity contribution in [3.63, 3.8) is 0 Å². The normalized spacial score (nSPS) is 61.2. The molecule has 0 heterocycles. The summed E-state index contributed by atoms with van der Waals surface area (Å²) in [6, 6.07) is 0. The number of aliphatic hydroxyl groups excluding tert-OH is 2. The van der Waals surface area contributed by atoms with Gasteiger partial charge < -0.3 is 10.2 Å². The van der Waals surface area contributed by atoms with E-state index in [1.807, 2.05) is 0 Å². The predicted molar refractivity (Wildman–Crippen MR) is 88.3 cm³/mol. The first kappa shape index (κ1) is 15.4. The molecular weight excluding hydrogens is 272 g/mol. The van der Waals surface area contributed by atoms with Gasteiger partial charge in [0.25, 0.3) is 0 Å². The van der Waals surface area contributed by atoms with E-state index in [0.29, 0.717) is 11.3 Å². The summed E-state index contributed by atoms with van der Waals surface area (Å²) in [6.45, 7) is 7.17. The predicted octanol–water partition coefficient (Wildman–Crippen LogP) is 4.00. The summed E-state index contributed by atoms with van der Waals surface area (Å²) < 4.78 is 0. The number of hydrogen-bond acceptors (Lipinski definition) is 2. The minimum atomic E-state index is -0.0724. The first-order chi connectivity index (χ1) is 10.4. The average Bonchev–Trinajstić information content (AvgIpc) is 2.77. The number of fused-ring (bicyclic) bond motifs is 5. The van der Waals surface area contributed by atoms with Crippen LogP contribution in [-0.4, -0.2) is 22.4 Å². The van der Waals surface area contributed by atoms with Gasteiger partial charge in [-0.2, -0.15) is 0 Å². The lowest BCUT2D eigenvalue weighted by atomic mass is 9.44. The van der Waals surface area contributed by atoms with Crippen LogP contribution in [0.15, 0.2) is 0 Å². The van der Waals surface area contributed by atoms with Crippen LogP contribution in [0.25, 0.3) is 0 Å². The highest BCUT2D eigenvalue weighted by Crippen LogP contribution is 2.66. The van der Waals surface area contributed by atoms with Crippen molar-refractivity contribution in [3.8, 4) is 0 Å². The molecule has 2 N–H and O–H groups in total. The molecule has 9 atom stereocenters. The second kappa shape index (κ2) is 4.96. The van der Waals surface area contributed by atoms with Crippen LogP contribution in [0.1, 0.15) is 72.1 Å². The van der Waals surface area contributed by atoms with Crippen LogP contribution >= 0.6 is 0 Å². The quantitative estimate of drug-likeness (QED) is 0.710. The standard InChI is InChI=1S/C20H34O2/c1-12-11-20(3)13(10-17(12)21)4-5-14-15-6-7-18(22)19(15,2)9-8-16(14)20/h12-18,21-22H,4-11H2,1-3H3/t12-,13+,14-,15-,16-,17-,18-,19-,20-/m0/s1. The summed E-state index contributed by atoms with van der Waals surface area (Å²) in [7, 11) is 0. The molecule has 4 aliphatic rings. The Labute approximate surface area is 135 Å². The van der Waals surface area contributed by atoms with E-state index in [0.717, 1.165) is 36.5 Å². The highest BCUT2D eigenvalue weighted by molar-refractivity contribution is 5.09. The smallest absolute Gasteiger partial charge is 0.0596 e. The summed E-state index contributed by atoms with van der Waals surface area (Å²) in [5.41, 5.74) is 0.639. The van der Waals surface area contributed by atoms with Crippen LogP contribution < -0.4 is 0 Å². The molecule has 126 valence electrons. The molecule has 2 nitrogen and oxygen atoms in total. The molecule has 4 saturated carbocycles. The van der Waals surface area contributed by atoms with E-state index in [1.165, 1.54) is 38.5 Å². The van der Waals surface area contributed by atoms with Gasteiger partial charge in [0.15, 0.2) is 0 Å². The third-order valence-electron chi connectivity index (χ3n) is 8.96. The van der Waals surface area contributed by atoms with Gasteiger partial charge in [0.05, 0.1) is 12.2 Å². The molecule has 4 fully saturated rings. The molecule has 0 bridgehead atoms. The molecule has 22 heavy (non-hydrogen) atoms. The number of rotatable bonds is 0. The van der Waals surface area contributed by atoms with Gasteiger partial charge >= 0.3 is 0 Å². The average molecular weight is 306 g/mol. The van der Waals surface area contributed by atoms with Gasteiger partial charge in [-0.25, -0.2) is 0 Å². The summed E-state index contributed by atoms with van der Waals surface area (Å²) >= 11 is 0. The van der Waals surface area contributed by atoms with Crippen molar-refractivity contribution in [2.75, 3.05) is 0 Å². The van der Waals surface area contributed by atoms with E-state index in [4.69, 9.17) is 0 Å². The van der Waals surface area contributed by atoms with E-state index in [1.54, 1.807) is 0 Å².